The molecule has 0 spiro atoms. The van der Waals surface area contributed by atoms with Crippen LogP contribution < -0.4 is 5.32 Å². The molecule has 0 bridgehead atoms. The van der Waals surface area contributed by atoms with Crippen LogP contribution in [0, 0.1) is 19.7 Å². The highest BCUT2D eigenvalue weighted by Gasteiger charge is 2.42. The van der Waals surface area contributed by atoms with Crippen molar-refractivity contribution in [3.63, 3.8) is 0 Å². The summed E-state index contributed by atoms with van der Waals surface area (Å²) in [6.07, 6.45) is 0. The summed E-state index contributed by atoms with van der Waals surface area (Å²) in [5, 5.41) is 2.66. The van der Waals surface area contributed by atoms with Gasteiger partial charge in [0.25, 0.3) is 21.8 Å². The van der Waals surface area contributed by atoms with E-state index in [2.05, 4.69) is 5.32 Å². The summed E-state index contributed by atoms with van der Waals surface area (Å²) >= 11 is 0. The van der Waals surface area contributed by atoms with E-state index in [9.17, 15) is 22.4 Å². The number of carbonyl (C=O) groups excluding carboxylic acids is 2. The van der Waals surface area contributed by atoms with Gasteiger partial charge in [0.2, 0.25) is 0 Å². The van der Waals surface area contributed by atoms with Crippen molar-refractivity contribution in [3.8, 4) is 0 Å². The molecule has 1 heterocycles. The van der Waals surface area contributed by atoms with Crippen LogP contribution in [0.2, 0.25) is 0 Å². The molecule has 174 valence electrons. The molecular weight excluding hydrogens is 455 g/mol. The van der Waals surface area contributed by atoms with Gasteiger partial charge in [-0.3, -0.25) is 9.59 Å². The molecule has 0 aromatic heterocycles. The average molecular weight is 479 g/mol. The highest BCUT2D eigenvalue weighted by molar-refractivity contribution is 7.99. The Morgan fingerprint density at radius 1 is 0.912 bits per heavy atom. The topological polar surface area (TPSA) is 83.6 Å². The summed E-state index contributed by atoms with van der Waals surface area (Å²) in [5.74, 6) is -1.36. The zero-order valence-corrected chi connectivity index (χ0v) is 19.7. The van der Waals surface area contributed by atoms with Gasteiger partial charge in [0.15, 0.2) is 0 Å². The molecule has 0 radical (unpaired) electrons. The first kappa shape index (κ1) is 23.4. The van der Waals surface area contributed by atoms with E-state index in [0.29, 0.717) is 22.4 Å². The van der Waals surface area contributed by atoms with Gasteiger partial charge >= 0.3 is 0 Å². The van der Waals surface area contributed by atoms with Gasteiger partial charge < -0.3 is 5.32 Å². The van der Waals surface area contributed by atoms with Crippen LogP contribution in [-0.4, -0.2) is 24.5 Å². The molecule has 0 aliphatic carbocycles. The molecule has 0 fully saturated rings. The first-order valence-corrected chi connectivity index (χ1v) is 12.0. The molecule has 6 nitrogen and oxygen atoms in total. The van der Waals surface area contributed by atoms with E-state index < -0.39 is 27.7 Å². The quantitative estimate of drug-likeness (QED) is 0.571. The maximum absolute atomic E-state index is 13.3. The van der Waals surface area contributed by atoms with E-state index in [1.165, 1.54) is 31.2 Å². The maximum Gasteiger partial charge on any atom is 0.268 e. The monoisotopic (exact) mass is 478 g/mol. The average Bonchev–Trinajstić information content (AvgIpc) is 2.97. The number of rotatable bonds is 5. The van der Waals surface area contributed by atoms with Crippen molar-refractivity contribution < 1.29 is 22.4 Å². The van der Waals surface area contributed by atoms with Gasteiger partial charge in [0, 0.05) is 16.8 Å². The lowest BCUT2D eigenvalue weighted by Gasteiger charge is -2.17. The predicted molar refractivity (Wildman–Crippen MR) is 129 cm³/mol. The molecule has 0 atom stereocenters. The minimum absolute atomic E-state index is 0.0240. The number of hydrogen-bond donors (Lipinski definition) is 1. The number of anilines is 1. The number of benzene rings is 3. The summed E-state index contributed by atoms with van der Waals surface area (Å²) in [5.41, 5.74) is 3.99. The van der Waals surface area contributed by atoms with Crippen LogP contribution >= 0.6 is 0 Å². The lowest BCUT2D eigenvalue weighted by Crippen LogP contribution is -2.30. The Morgan fingerprint density at radius 3 is 2.18 bits per heavy atom. The molecule has 4 rings (SSSR count). The fourth-order valence-electron chi connectivity index (χ4n) is 3.77. The number of amides is 2. The van der Waals surface area contributed by atoms with Crippen molar-refractivity contribution in [2.45, 2.75) is 27.3 Å². The van der Waals surface area contributed by atoms with Gasteiger partial charge in [-0.2, -0.15) is 0 Å². The second kappa shape index (κ2) is 8.87. The van der Waals surface area contributed by atoms with Crippen molar-refractivity contribution in [3.05, 3.63) is 106 Å². The zero-order valence-electron chi connectivity index (χ0n) is 18.9. The SMILES string of the molecule is CC1=C(c2ccc(C)c(C)c2)S(=O)(=O)N(Cc2ccc(C(=O)Nc3ccc(F)cc3)cc2)C1=O. The van der Waals surface area contributed by atoms with Gasteiger partial charge in [-0.25, -0.2) is 17.1 Å². The third-order valence-electron chi connectivity index (χ3n) is 5.85. The van der Waals surface area contributed by atoms with Crippen molar-refractivity contribution in [2.75, 3.05) is 5.32 Å². The lowest BCUT2D eigenvalue weighted by molar-refractivity contribution is -0.122. The van der Waals surface area contributed by atoms with Crippen LogP contribution in [-0.2, 0) is 21.4 Å². The van der Waals surface area contributed by atoms with E-state index in [4.69, 9.17) is 0 Å². The van der Waals surface area contributed by atoms with Crippen LogP contribution in [0.3, 0.4) is 0 Å². The summed E-state index contributed by atoms with van der Waals surface area (Å²) in [6.45, 7) is 5.20. The van der Waals surface area contributed by atoms with Crippen molar-refractivity contribution in [2.24, 2.45) is 0 Å². The van der Waals surface area contributed by atoms with E-state index in [0.717, 1.165) is 15.4 Å². The first-order valence-electron chi connectivity index (χ1n) is 10.6. The number of nitrogens with one attached hydrogen (secondary N) is 1. The second-order valence-corrected chi connectivity index (χ2v) is 10.0. The molecule has 3 aromatic rings. The Kier molecular flexibility index (Phi) is 6.10. The molecule has 0 saturated heterocycles. The highest BCUT2D eigenvalue weighted by Crippen LogP contribution is 2.37. The number of nitrogens with zero attached hydrogens (tertiary/aromatic N) is 1. The predicted octanol–water partition coefficient (Wildman–Crippen LogP) is 4.80. The third kappa shape index (κ3) is 4.36. The van der Waals surface area contributed by atoms with E-state index in [-0.39, 0.29) is 17.0 Å². The van der Waals surface area contributed by atoms with Gasteiger partial charge in [0.05, 0.1) is 6.54 Å². The molecule has 1 N–H and O–H groups in total. The number of sulfonamides is 1. The minimum Gasteiger partial charge on any atom is -0.322 e. The Morgan fingerprint density at radius 2 is 1.56 bits per heavy atom. The van der Waals surface area contributed by atoms with Crippen molar-refractivity contribution in [1.82, 2.24) is 4.31 Å². The summed E-state index contributed by atoms with van der Waals surface area (Å²) in [4.78, 5) is 25.3. The van der Waals surface area contributed by atoms with Gasteiger partial charge in [-0.1, -0.05) is 30.3 Å². The third-order valence-corrected chi connectivity index (χ3v) is 7.78. The van der Waals surface area contributed by atoms with Crippen LogP contribution in [0.25, 0.3) is 4.91 Å². The molecule has 8 heteroatoms. The lowest BCUT2D eigenvalue weighted by atomic mass is 10.0. The largest absolute Gasteiger partial charge is 0.322 e. The highest BCUT2D eigenvalue weighted by atomic mass is 32.2. The van der Waals surface area contributed by atoms with E-state index in [1.54, 1.807) is 36.4 Å². The van der Waals surface area contributed by atoms with Crippen LogP contribution in [0.5, 0.6) is 0 Å². The number of aryl methyl sites for hydroxylation is 2. The van der Waals surface area contributed by atoms with Gasteiger partial charge in [-0.05, 0) is 79.4 Å². The van der Waals surface area contributed by atoms with Crippen LogP contribution in [0.1, 0.15) is 39.5 Å². The Labute approximate surface area is 197 Å². The first-order chi connectivity index (χ1) is 16.1. The molecule has 1 aliphatic heterocycles. The zero-order chi connectivity index (χ0) is 24.6. The molecule has 2 amide bonds. The number of carbonyl (C=O) groups is 2. The van der Waals surface area contributed by atoms with Crippen molar-refractivity contribution >= 4 is 32.4 Å². The summed E-state index contributed by atoms with van der Waals surface area (Å²) in [7, 11) is -4.02. The van der Waals surface area contributed by atoms with Crippen molar-refractivity contribution in [1.29, 1.82) is 0 Å². The standard InChI is InChI=1S/C26H23FN2O4S/c1-16-4-7-21(14-17(16)2)24-18(3)26(31)29(34(24,32)33)15-19-5-8-20(9-6-19)25(30)28-23-12-10-22(27)11-13-23/h4-14H,15H2,1-3H3,(H,28,30). The number of hydrogen-bond acceptors (Lipinski definition) is 4. The summed E-state index contributed by atoms with van der Waals surface area (Å²) < 4.78 is 40.4. The van der Waals surface area contributed by atoms with E-state index in [1.807, 2.05) is 19.9 Å². The molecule has 1 aliphatic rings. The molecule has 3 aromatic carbocycles. The Hall–Kier alpha value is -3.78. The second-order valence-electron chi connectivity index (χ2n) is 8.23. The fourth-order valence-corrected chi connectivity index (χ4v) is 5.56. The maximum atomic E-state index is 13.3. The van der Waals surface area contributed by atoms with E-state index >= 15 is 0 Å². The Balaban J connectivity index is 1.52. The smallest absolute Gasteiger partial charge is 0.268 e. The Bertz CT molecular complexity index is 1430. The normalized spacial score (nSPS) is 15.1. The van der Waals surface area contributed by atoms with Crippen LogP contribution in [0.4, 0.5) is 10.1 Å². The minimum atomic E-state index is -4.02. The molecule has 0 saturated carbocycles. The molecule has 0 unspecified atom stereocenters. The number of halogens is 1. The van der Waals surface area contributed by atoms with Gasteiger partial charge in [-0.15, -0.1) is 0 Å². The van der Waals surface area contributed by atoms with Gasteiger partial charge in [0.1, 0.15) is 10.7 Å². The summed E-state index contributed by atoms with van der Waals surface area (Å²) in [6, 6.07) is 17.0. The van der Waals surface area contributed by atoms with Crippen LogP contribution in [0.15, 0.2) is 72.3 Å². The fraction of sp³-hybridized carbons (Fsp3) is 0.154. The molecular formula is C26H23FN2O4S. The molecule has 34 heavy (non-hydrogen) atoms.